The summed E-state index contributed by atoms with van der Waals surface area (Å²) in [6, 6.07) is 16.8. The summed E-state index contributed by atoms with van der Waals surface area (Å²) in [6.45, 7) is 18.6. The van der Waals surface area contributed by atoms with Crippen molar-refractivity contribution in [1.29, 1.82) is 0 Å². The Hall–Kier alpha value is -3.11. The van der Waals surface area contributed by atoms with Gasteiger partial charge >= 0.3 is 0 Å². The zero-order valence-corrected chi connectivity index (χ0v) is 21.5. The molecule has 0 aliphatic carbocycles. The summed E-state index contributed by atoms with van der Waals surface area (Å²) >= 11 is 0. The van der Waals surface area contributed by atoms with E-state index in [1.165, 1.54) is 11.1 Å². The summed E-state index contributed by atoms with van der Waals surface area (Å²) in [5.41, 5.74) is 6.70. The molecule has 34 heavy (non-hydrogen) atoms. The molecule has 1 atom stereocenters. The Labute approximate surface area is 204 Å². The normalized spacial score (nSPS) is 15.6. The number of methoxy groups -OCH3 is 1. The van der Waals surface area contributed by atoms with Gasteiger partial charge in [-0.25, -0.2) is 0 Å². The molecule has 0 saturated heterocycles. The lowest BCUT2D eigenvalue weighted by Crippen LogP contribution is -2.57. The summed E-state index contributed by atoms with van der Waals surface area (Å²) in [5, 5.41) is 14.4. The first-order valence-electron chi connectivity index (χ1n) is 11.8. The van der Waals surface area contributed by atoms with Crippen molar-refractivity contribution in [3.8, 4) is 5.75 Å². The van der Waals surface area contributed by atoms with Crippen molar-refractivity contribution >= 4 is 11.3 Å². The van der Waals surface area contributed by atoms with Crippen molar-refractivity contribution in [3.63, 3.8) is 0 Å². The van der Waals surface area contributed by atoms with Crippen LogP contribution in [0.3, 0.4) is 0 Å². The summed E-state index contributed by atoms with van der Waals surface area (Å²) in [5.74, 6) is 0.824. The summed E-state index contributed by atoms with van der Waals surface area (Å²) in [7, 11) is 1.68. The zero-order chi connectivity index (χ0) is 25.1. The molecule has 0 saturated carbocycles. The SMILES string of the molecule is C=C(CC1=C(c2ccc(OC)cc2)C(c2ccc(CC)cc2)=NC1)NC(C)(C)C(C)(O)C(=C)C. The number of rotatable bonds is 10. The molecule has 2 N–H and O–H groups in total. The van der Waals surface area contributed by atoms with Gasteiger partial charge in [-0.15, -0.1) is 0 Å². The molecule has 0 spiro atoms. The Balaban J connectivity index is 1.95. The number of benzene rings is 2. The van der Waals surface area contributed by atoms with E-state index in [9.17, 15) is 5.11 Å². The zero-order valence-electron chi connectivity index (χ0n) is 21.5. The molecule has 2 aromatic carbocycles. The van der Waals surface area contributed by atoms with Crippen LogP contribution in [0.25, 0.3) is 5.57 Å². The fourth-order valence-corrected chi connectivity index (χ4v) is 4.28. The van der Waals surface area contributed by atoms with Crippen molar-refractivity contribution in [3.05, 3.63) is 95.2 Å². The van der Waals surface area contributed by atoms with Gasteiger partial charge in [-0.3, -0.25) is 4.99 Å². The lowest BCUT2D eigenvalue weighted by Gasteiger charge is -2.42. The van der Waals surface area contributed by atoms with E-state index in [1.54, 1.807) is 14.0 Å². The van der Waals surface area contributed by atoms with Gasteiger partial charge in [0.15, 0.2) is 0 Å². The van der Waals surface area contributed by atoms with E-state index in [4.69, 9.17) is 9.73 Å². The Morgan fingerprint density at radius 3 is 2.15 bits per heavy atom. The topological polar surface area (TPSA) is 53.8 Å². The van der Waals surface area contributed by atoms with Crippen LogP contribution in [0.15, 0.2) is 83.5 Å². The van der Waals surface area contributed by atoms with E-state index in [0.29, 0.717) is 18.5 Å². The van der Waals surface area contributed by atoms with Crippen molar-refractivity contribution in [2.75, 3.05) is 13.7 Å². The lowest BCUT2D eigenvalue weighted by atomic mass is 9.79. The van der Waals surface area contributed by atoms with Gasteiger partial charge < -0.3 is 15.2 Å². The second kappa shape index (κ2) is 10.0. The third-order valence-corrected chi connectivity index (χ3v) is 7.00. The lowest BCUT2D eigenvalue weighted by molar-refractivity contribution is 0.0170. The van der Waals surface area contributed by atoms with Gasteiger partial charge in [0.1, 0.15) is 11.4 Å². The van der Waals surface area contributed by atoms with Crippen LogP contribution in [0.5, 0.6) is 5.75 Å². The van der Waals surface area contributed by atoms with E-state index in [0.717, 1.165) is 40.3 Å². The maximum Gasteiger partial charge on any atom is 0.118 e. The average Bonchev–Trinajstić information content (AvgIpc) is 3.21. The maximum atomic E-state index is 11.0. The van der Waals surface area contributed by atoms with Crippen molar-refractivity contribution in [2.24, 2.45) is 4.99 Å². The smallest absolute Gasteiger partial charge is 0.118 e. The highest BCUT2D eigenvalue weighted by Crippen LogP contribution is 2.34. The van der Waals surface area contributed by atoms with Crippen LogP contribution in [0, 0.1) is 0 Å². The predicted molar refractivity (Wildman–Crippen MR) is 144 cm³/mol. The minimum Gasteiger partial charge on any atom is -0.497 e. The van der Waals surface area contributed by atoms with E-state index in [2.05, 4.69) is 61.8 Å². The van der Waals surface area contributed by atoms with Gasteiger partial charge in [0.2, 0.25) is 0 Å². The van der Waals surface area contributed by atoms with Gasteiger partial charge in [-0.1, -0.05) is 56.5 Å². The molecule has 0 bridgehead atoms. The van der Waals surface area contributed by atoms with Crippen LogP contribution < -0.4 is 10.1 Å². The number of aliphatic imine (C=N–C) groups is 1. The van der Waals surface area contributed by atoms with E-state index in [1.807, 2.05) is 32.9 Å². The molecule has 4 nitrogen and oxygen atoms in total. The van der Waals surface area contributed by atoms with Crippen molar-refractivity contribution in [1.82, 2.24) is 5.32 Å². The molecule has 180 valence electrons. The second-order valence-electron chi connectivity index (χ2n) is 9.81. The highest BCUT2D eigenvalue weighted by atomic mass is 16.5. The van der Waals surface area contributed by atoms with Crippen LogP contribution in [0.2, 0.25) is 0 Å². The molecular formula is C30H38N2O2. The molecule has 1 heterocycles. The molecule has 1 unspecified atom stereocenters. The molecule has 0 radical (unpaired) electrons. The van der Waals surface area contributed by atoms with Crippen LogP contribution >= 0.6 is 0 Å². The number of aliphatic hydroxyl groups is 1. The molecule has 2 aromatic rings. The quantitative estimate of drug-likeness (QED) is 0.422. The third-order valence-electron chi connectivity index (χ3n) is 7.00. The number of ether oxygens (including phenoxy) is 1. The Morgan fingerprint density at radius 2 is 1.62 bits per heavy atom. The Morgan fingerprint density at radius 1 is 1.03 bits per heavy atom. The van der Waals surface area contributed by atoms with Gasteiger partial charge in [0.25, 0.3) is 0 Å². The van der Waals surface area contributed by atoms with Crippen LogP contribution in [-0.2, 0) is 6.42 Å². The number of hydrogen-bond acceptors (Lipinski definition) is 4. The molecule has 1 aliphatic rings. The fourth-order valence-electron chi connectivity index (χ4n) is 4.28. The molecular weight excluding hydrogens is 420 g/mol. The predicted octanol–water partition coefficient (Wildman–Crippen LogP) is 6.11. The molecule has 0 fully saturated rings. The van der Waals surface area contributed by atoms with Gasteiger partial charge in [0.05, 0.1) is 24.9 Å². The minimum absolute atomic E-state index is 0.615. The van der Waals surface area contributed by atoms with Gasteiger partial charge in [0, 0.05) is 23.3 Å². The van der Waals surface area contributed by atoms with Gasteiger partial charge in [-0.2, -0.15) is 0 Å². The van der Waals surface area contributed by atoms with Crippen molar-refractivity contribution < 1.29 is 9.84 Å². The Bertz CT molecular complexity index is 1120. The summed E-state index contributed by atoms with van der Waals surface area (Å²) in [4.78, 5) is 4.95. The second-order valence-corrected chi connectivity index (χ2v) is 9.81. The first kappa shape index (κ1) is 25.5. The molecule has 3 rings (SSSR count). The Kier molecular flexibility index (Phi) is 7.52. The maximum absolute atomic E-state index is 11.0. The number of aryl methyl sites for hydroxylation is 1. The monoisotopic (exact) mass is 458 g/mol. The molecule has 1 aliphatic heterocycles. The first-order valence-corrected chi connectivity index (χ1v) is 11.8. The van der Waals surface area contributed by atoms with E-state index < -0.39 is 11.1 Å². The number of allylic oxidation sites excluding steroid dienone is 2. The highest BCUT2D eigenvalue weighted by Gasteiger charge is 2.40. The van der Waals surface area contributed by atoms with Crippen LogP contribution in [-0.4, -0.2) is 35.6 Å². The van der Waals surface area contributed by atoms with E-state index >= 15 is 0 Å². The minimum atomic E-state index is -1.08. The standard InChI is InChI=1S/C30H38N2O2/c1-9-22-10-12-24(13-11-22)28-27(23-14-16-26(34-8)17-15-23)25(19-31-28)18-21(4)32-29(5,6)30(7,33)20(2)3/h10-17,32-33H,2,4,9,18-19H2,1,3,5-8H3. The van der Waals surface area contributed by atoms with Crippen LogP contribution in [0.1, 0.15) is 57.7 Å². The fraction of sp³-hybridized carbons (Fsp3) is 0.367. The number of nitrogens with one attached hydrogen (secondary N) is 1. The number of hydrogen-bond donors (Lipinski definition) is 2. The number of nitrogens with zero attached hydrogens (tertiary/aromatic N) is 1. The van der Waals surface area contributed by atoms with Crippen LogP contribution in [0.4, 0.5) is 0 Å². The van der Waals surface area contributed by atoms with Gasteiger partial charge in [-0.05, 0) is 68.5 Å². The molecule has 0 aromatic heterocycles. The highest BCUT2D eigenvalue weighted by molar-refractivity contribution is 6.34. The summed E-state index contributed by atoms with van der Waals surface area (Å²) in [6.07, 6.45) is 1.64. The molecule has 0 amide bonds. The largest absolute Gasteiger partial charge is 0.497 e. The first-order chi connectivity index (χ1) is 16.0. The third kappa shape index (κ3) is 5.18. The summed E-state index contributed by atoms with van der Waals surface area (Å²) < 4.78 is 5.36. The van der Waals surface area contributed by atoms with E-state index in [-0.39, 0.29) is 0 Å². The molecule has 4 heteroatoms. The van der Waals surface area contributed by atoms with Crippen molar-refractivity contribution in [2.45, 2.75) is 58.6 Å². The average molecular weight is 459 g/mol.